The lowest BCUT2D eigenvalue weighted by atomic mass is 9.91. The van der Waals surface area contributed by atoms with Gasteiger partial charge in [-0.2, -0.15) is 0 Å². The van der Waals surface area contributed by atoms with Crippen LogP contribution in [0, 0.1) is 17.8 Å². The lowest BCUT2D eigenvalue weighted by Gasteiger charge is -2.35. The minimum absolute atomic E-state index is 0.146. The molecule has 3 aliphatic rings. The Bertz CT molecular complexity index is 318. The van der Waals surface area contributed by atoms with Crippen LogP contribution in [0.5, 0.6) is 0 Å². The maximum atomic E-state index is 12.7. The molecular formula is C15H26N2O. The van der Waals surface area contributed by atoms with E-state index in [0.29, 0.717) is 11.8 Å². The van der Waals surface area contributed by atoms with Gasteiger partial charge >= 0.3 is 0 Å². The second-order valence-corrected chi connectivity index (χ2v) is 6.44. The number of likely N-dealkylation sites (tertiary alicyclic amines) is 1. The number of hydrogen-bond donors (Lipinski definition) is 1. The van der Waals surface area contributed by atoms with Gasteiger partial charge in [-0.3, -0.25) is 4.79 Å². The molecule has 2 heterocycles. The molecule has 18 heavy (non-hydrogen) atoms. The van der Waals surface area contributed by atoms with E-state index in [9.17, 15) is 4.79 Å². The van der Waals surface area contributed by atoms with Crippen LogP contribution in [0.3, 0.4) is 0 Å². The fourth-order valence-electron chi connectivity index (χ4n) is 4.25. The van der Waals surface area contributed by atoms with Crippen LogP contribution in [0.2, 0.25) is 0 Å². The first-order valence-corrected chi connectivity index (χ1v) is 7.81. The second kappa shape index (κ2) is 5.20. The Balaban J connectivity index is 1.63. The number of rotatable bonds is 2. The van der Waals surface area contributed by atoms with Crippen molar-refractivity contribution in [1.29, 1.82) is 0 Å². The zero-order chi connectivity index (χ0) is 12.5. The molecule has 3 fully saturated rings. The lowest BCUT2D eigenvalue weighted by molar-refractivity contribution is -0.136. The molecule has 102 valence electrons. The molecule has 0 bridgehead atoms. The van der Waals surface area contributed by atoms with Crippen molar-refractivity contribution in [1.82, 2.24) is 10.2 Å². The summed E-state index contributed by atoms with van der Waals surface area (Å²) in [5.41, 5.74) is 0. The zero-order valence-electron chi connectivity index (χ0n) is 11.5. The molecule has 1 saturated carbocycles. The van der Waals surface area contributed by atoms with Gasteiger partial charge in [0.15, 0.2) is 0 Å². The molecule has 2 aliphatic heterocycles. The molecule has 0 spiro atoms. The number of carbonyl (C=O) groups excluding carboxylic acids is 1. The molecule has 2 saturated heterocycles. The maximum absolute atomic E-state index is 12.7. The summed E-state index contributed by atoms with van der Waals surface area (Å²) < 4.78 is 0. The largest absolute Gasteiger partial charge is 0.341 e. The van der Waals surface area contributed by atoms with Crippen molar-refractivity contribution < 1.29 is 4.79 Å². The van der Waals surface area contributed by atoms with Crippen molar-refractivity contribution >= 4 is 5.91 Å². The fraction of sp³-hybridized carbons (Fsp3) is 0.933. The van der Waals surface area contributed by atoms with Crippen LogP contribution < -0.4 is 5.32 Å². The topological polar surface area (TPSA) is 32.3 Å². The van der Waals surface area contributed by atoms with Gasteiger partial charge in [0.1, 0.15) is 0 Å². The number of nitrogens with one attached hydrogen (secondary N) is 1. The standard InChI is InChI=1S/C15H26N2O/c1-2-11-5-4-8-17(10-11)15(18)14-13-7-3-6-12(13)9-16-14/h11-14,16H,2-10H2,1H3. The smallest absolute Gasteiger partial charge is 0.240 e. The highest BCUT2D eigenvalue weighted by Gasteiger charge is 2.44. The van der Waals surface area contributed by atoms with Gasteiger partial charge < -0.3 is 10.2 Å². The van der Waals surface area contributed by atoms with Crippen molar-refractivity contribution in [2.75, 3.05) is 19.6 Å². The van der Waals surface area contributed by atoms with Gasteiger partial charge in [0.25, 0.3) is 0 Å². The van der Waals surface area contributed by atoms with Crippen LogP contribution in [-0.2, 0) is 4.79 Å². The van der Waals surface area contributed by atoms with E-state index in [0.717, 1.165) is 31.5 Å². The third-order valence-corrected chi connectivity index (χ3v) is 5.42. The van der Waals surface area contributed by atoms with E-state index in [1.165, 1.54) is 38.5 Å². The van der Waals surface area contributed by atoms with Gasteiger partial charge in [0, 0.05) is 13.1 Å². The summed E-state index contributed by atoms with van der Waals surface area (Å²) in [7, 11) is 0. The molecule has 1 aliphatic carbocycles. The van der Waals surface area contributed by atoms with E-state index >= 15 is 0 Å². The van der Waals surface area contributed by atoms with Crippen LogP contribution in [0.4, 0.5) is 0 Å². The molecule has 0 radical (unpaired) electrons. The minimum atomic E-state index is 0.146. The molecule has 1 N–H and O–H groups in total. The van der Waals surface area contributed by atoms with Crippen molar-refractivity contribution in [3.05, 3.63) is 0 Å². The molecule has 0 aromatic heterocycles. The molecule has 3 rings (SSSR count). The number of nitrogens with zero attached hydrogens (tertiary/aromatic N) is 1. The second-order valence-electron chi connectivity index (χ2n) is 6.44. The SMILES string of the molecule is CCC1CCCN(C(=O)C2NCC3CCCC32)C1. The molecule has 0 aromatic carbocycles. The monoisotopic (exact) mass is 250 g/mol. The number of carbonyl (C=O) groups is 1. The first kappa shape index (κ1) is 12.5. The Morgan fingerprint density at radius 3 is 3.00 bits per heavy atom. The van der Waals surface area contributed by atoms with E-state index in [4.69, 9.17) is 0 Å². The van der Waals surface area contributed by atoms with Crippen molar-refractivity contribution in [3.8, 4) is 0 Å². The van der Waals surface area contributed by atoms with Gasteiger partial charge in [-0.25, -0.2) is 0 Å². The zero-order valence-corrected chi connectivity index (χ0v) is 11.5. The van der Waals surface area contributed by atoms with E-state index < -0.39 is 0 Å². The predicted octanol–water partition coefficient (Wildman–Crippen LogP) is 2.02. The Morgan fingerprint density at radius 1 is 1.28 bits per heavy atom. The molecule has 1 amide bonds. The van der Waals surface area contributed by atoms with Crippen molar-refractivity contribution in [3.63, 3.8) is 0 Å². The summed E-state index contributed by atoms with van der Waals surface area (Å²) in [6, 6.07) is 0.146. The number of fused-ring (bicyclic) bond motifs is 1. The quantitative estimate of drug-likeness (QED) is 0.813. The van der Waals surface area contributed by atoms with Crippen molar-refractivity contribution in [2.24, 2.45) is 17.8 Å². The first-order chi connectivity index (χ1) is 8.79. The molecule has 4 atom stereocenters. The lowest BCUT2D eigenvalue weighted by Crippen LogP contribution is -2.49. The van der Waals surface area contributed by atoms with E-state index in [2.05, 4.69) is 17.1 Å². The van der Waals surface area contributed by atoms with Crippen LogP contribution in [0.1, 0.15) is 45.4 Å². The fourth-order valence-corrected chi connectivity index (χ4v) is 4.25. The van der Waals surface area contributed by atoms with E-state index in [1.807, 2.05) is 0 Å². The van der Waals surface area contributed by atoms with E-state index in [-0.39, 0.29) is 6.04 Å². The molecule has 4 unspecified atom stereocenters. The molecule has 3 nitrogen and oxygen atoms in total. The number of hydrogen-bond acceptors (Lipinski definition) is 2. The minimum Gasteiger partial charge on any atom is -0.341 e. The molecule has 0 aromatic rings. The predicted molar refractivity (Wildman–Crippen MR) is 72.2 cm³/mol. The molecule has 3 heteroatoms. The highest BCUT2D eigenvalue weighted by molar-refractivity contribution is 5.82. The van der Waals surface area contributed by atoms with Crippen LogP contribution in [0.15, 0.2) is 0 Å². The summed E-state index contributed by atoms with van der Waals surface area (Å²) >= 11 is 0. The van der Waals surface area contributed by atoms with Gasteiger partial charge in [0.05, 0.1) is 6.04 Å². The van der Waals surface area contributed by atoms with Crippen LogP contribution in [0.25, 0.3) is 0 Å². The summed E-state index contributed by atoms with van der Waals surface area (Å²) in [6.45, 7) is 5.32. The van der Waals surface area contributed by atoms with Crippen LogP contribution in [-0.4, -0.2) is 36.5 Å². The normalized spacial score (nSPS) is 39.9. The Kier molecular flexibility index (Phi) is 3.60. The average molecular weight is 250 g/mol. The number of amides is 1. The van der Waals surface area contributed by atoms with Crippen LogP contribution >= 0.6 is 0 Å². The average Bonchev–Trinajstić information content (AvgIpc) is 3.00. The highest BCUT2D eigenvalue weighted by Crippen LogP contribution is 2.38. The van der Waals surface area contributed by atoms with Gasteiger partial charge in [0.2, 0.25) is 5.91 Å². The third-order valence-electron chi connectivity index (χ3n) is 5.42. The van der Waals surface area contributed by atoms with E-state index in [1.54, 1.807) is 0 Å². The van der Waals surface area contributed by atoms with Gasteiger partial charge in [-0.15, -0.1) is 0 Å². The Hall–Kier alpha value is -0.570. The number of piperidine rings is 1. The highest BCUT2D eigenvalue weighted by atomic mass is 16.2. The Labute approximate surface area is 110 Å². The maximum Gasteiger partial charge on any atom is 0.240 e. The van der Waals surface area contributed by atoms with Gasteiger partial charge in [-0.1, -0.05) is 19.8 Å². The summed E-state index contributed by atoms with van der Waals surface area (Å²) in [6.07, 6.45) is 7.65. The van der Waals surface area contributed by atoms with Gasteiger partial charge in [-0.05, 0) is 50.0 Å². The first-order valence-electron chi connectivity index (χ1n) is 7.81. The third kappa shape index (κ3) is 2.18. The molecular weight excluding hydrogens is 224 g/mol. The summed E-state index contributed by atoms with van der Waals surface area (Å²) in [5.74, 6) is 2.57. The summed E-state index contributed by atoms with van der Waals surface area (Å²) in [5, 5.41) is 3.50. The van der Waals surface area contributed by atoms with Crippen molar-refractivity contribution in [2.45, 2.75) is 51.5 Å². The summed E-state index contributed by atoms with van der Waals surface area (Å²) in [4.78, 5) is 14.8. The Morgan fingerprint density at radius 2 is 2.17 bits per heavy atom.